The third-order valence-electron chi connectivity index (χ3n) is 4.00. The molecule has 2 N–H and O–H groups in total. The van der Waals surface area contributed by atoms with Crippen molar-refractivity contribution in [3.8, 4) is 0 Å². The van der Waals surface area contributed by atoms with E-state index in [4.69, 9.17) is 0 Å². The van der Waals surface area contributed by atoms with Crippen LogP contribution in [-0.2, 0) is 11.2 Å². The van der Waals surface area contributed by atoms with E-state index in [9.17, 15) is 9.18 Å². The second-order valence-corrected chi connectivity index (χ2v) is 6.54. The van der Waals surface area contributed by atoms with Crippen molar-refractivity contribution in [3.05, 3.63) is 60.2 Å². The van der Waals surface area contributed by atoms with Crippen molar-refractivity contribution in [1.29, 1.82) is 0 Å². The van der Waals surface area contributed by atoms with Crippen molar-refractivity contribution < 1.29 is 9.18 Å². The van der Waals surface area contributed by atoms with E-state index in [1.54, 1.807) is 6.07 Å². The summed E-state index contributed by atoms with van der Waals surface area (Å²) in [7, 11) is 3.70. The van der Waals surface area contributed by atoms with Gasteiger partial charge in [0.05, 0.1) is 12.1 Å². The monoisotopic (exact) mass is 367 g/mol. The van der Waals surface area contributed by atoms with Gasteiger partial charge in [-0.2, -0.15) is 0 Å². The summed E-state index contributed by atoms with van der Waals surface area (Å²) in [4.78, 5) is 21.9. The maximum atomic E-state index is 13.5. The van der Waals surface area contributed by atoms with Crippen LogP contribution >= 0.6 is 0 Å². The van der Waals surface area contributed by atoms with E-state index in [2.05, 4.69) is 20.6 Å². The summed E-state index contributed by atoms with van der Waals surface area (Å²) in [6.07, 6.45) is 2.24. The number of carbonyl (C=O) groups excluding carboxylic acids is 1. The number of nitrogens with zero attached hydrogens (tertiary/aromatic N) is 3. The molecule has 27 heavy (non-hydrogen) atoms. The molecule has 1 aromatic heterocycles. The number of anilines is 2. The van der Waals surface area contributed by atoms with Crippen LogP contribution in [0.5, 0.6) is 0 Å². The summed E-state index contributed by atoms with van der Waals surface area (Å²) in [5.41, 5.74) is 2.60. The summed E-state index contributed by atoms with van der Waals surface area (Å²) in [5.74, 6) is 0.261. The lowest BCUT2D eigenvalue weighted by Gasteiger charge is -2.11. The van der Waals surface area contributed by atoms with Crippen molar-refractivity contribution in [2.75, 3.05) is 37.8 Å². The Hall–Kier alpha value is -3.06. The maximum Gasteiger partial charge on any atom is 0.238 e. The number of amides is 1. The Kier molecular flexibility index (Phi) is 5.93. The molecule has 0 fully saturated rings. The van der Waals surface area contributed by atoms with Gasteiger partial charge in [0.1, 0.15) is 18.0 Å². The molecule has 1 amide bonds. The summed E-state index contributed by atoms with van der Waals surface area (Å²) in [6.45, 7) is 0.994. The van der Waals surface area contributed by atoms with Crippen LogP contribution in [0.3, 0.4) is 0 Å². The first-order valence-electron chi connectivity index (χ1n) is 8.69. The lowest BCUT2D eigenvalue weighted by atomic mass is 10.1. The van der Waals surface area contributed by atoms with Crippen molar-refractivity contribution in [2.45, 2.75) is 6.42 Å². The topological polar surface area (TPSA) is 70.2 Å². The Labute approximate surface area is 157 Å². The van der Waals surface area contributed by atoms with E-state index in [1.165, 1.54) is 18.5 Å². The van der Waals surface area contributed by atoms with E-state index >= 15 is 0 Å². The minimum atomic E-state index is -0.313. The number of likely N-dealkylation sites (N-methyl/N-ethyl adjacent to an activating group) is 1. The number of hydrogen-bond donors (Lipinski definition) is 2. The van der Waals surface area contributed by atoms with Crippen LogP contribution in [0.4, 0.5) is 15.9 Å². The summed E-state index contributed by atoms with van der Waals surface area (Å²) in [5, 5.41) is 6.76. The first-order chi connectivity index (χ1) is 13.0. The van der Waals surface area contributed by atoms with E-state index < -0.39 is 0 Å². The molecule has 0 atom stereocenters. The van der Waals surface area contributed by atoms with Gasteiger partial charge in [0, 0.05) is 17.6 Å². The van der Waals surface area contributed by atoms with E-state index in [-0.39, 0.29) is 11.7 Å². The zero-order valence-corrected chi connectivity index (χ0v) is 15.4. The lowest BCUT2D eigenvalue weighted by molar-refractivity contribution is -0.116. The summed E-state index contributed by atoms with van der Waals surface area (Å²) < 4.78 is 13.5. The molecule has 140 valence electrons. The van der Waals surface area contributed by atoms with E-state index in [0.29, 0.717) is 29.8 Å². The number of carbonyl (C=O) groups is 1. The fraction of sp³-hybridized carbons (Fsp3) is 0.250. The third-order valence-corrected chi connectivity index (χ3v) is 4.00. The molecular formula is C20H22FN5O. The van der Waals surface area contributed by atoms with Crippen LogP contribution in [0.25, 0.3) is 10.9 Å². The minimum Gasteiger partial charge on any atom is -0.369 e. The predicted molar refractivity (Wildman–Crippen MR) is 105 cm³/mol. The highest BCUT2D eigenvalue weighted by atomic mass is 19.1. The quantitative estimate of drug-likeness (QED) is 0.672. The standard InChI is InChI=1S/C20H22FN5O/c1-26(2)12-19(27)25-16-6-3-14(4-7-16)9-10-22-20-17-11-15(21)5-8-18(17)23-13-24-20/h3-8,11,13H,9-10,12H2,1-2H3,(H,25,27)(H,22,23,24). The molecule has 0 aliphatic rings. The number of halogens is 1. The molecule has 1 heterocycles. The molecule has 0 aliphatic heterocycles. The van der Waals surface area contributed by atoms with Gasteiger partial charge in [-0.15, -0.1) is 0 Å². The lowest BCUT2D eigenvalue weighted by Crippen LogP contribution is -2.27. The molecular weight excluding hydrogens is 345 g/mol. The van der Waals surface area contributed by atoms with Gasteiger partial charge in [-0.05, 0) is 56.4 Å². The van der Waals surface area contributed by atoms with E-state index in [1.807, 2.05) is 43.3 Å². The van der Waals surface area contributed by atoms with Crippen molar-refractivity contribution in [2.24, 2.45) is 0 Å². The maximum absolute atomic E-state index is 13.5. The molecule has 0 radical (unpaired) electrons. The second kappa shape index (κ2) is 8.55. The van der Waals surface area contributed by atoms with Crippen molar-refractivity contribution in [1.82, 2.24) is 14.9 Å². The largest absolute Gasteiger partial charge is 0.369 e. The van der Waals surface area contributed by atoms with Crippen molar-refractivity contribution >= 4 is 28.3 Å². The molecule has 0 aliphatic carbocycles. The number of benzene rings is 2. The number of rotatable bonds is 7. The average molecular weight is 367 g/mol. The Balaban J connectivity index is 1.57. The minimum absolute atomic E-state index is 0.0442. The van der Waals surface area contributed by atoms with Crippen LogP contribution in [0, 0.1) is 5.82 Å². The predicted octanol–water partition coefficient (Wildman–Crippen LogP) is 2.92. The highest BCUT2D eigenvalue weighted by Crippen LogP contribution is 2.20. The van der Waals surface area contributed by atoms with Crippen molar-refractivity contribution in [3.63, 3.8) is 0 Å². The average Bonchev–Trinajstić information content (AvgIpc) is 2.63. The third kappa shape index (κ3) is 5.21. The Morgan fingerprint density at radius 2 is 1.89 bits per heavy atom. The van der Waals surface area contributed by atoms with Crippen LogP contribution in [0.1, 0.15) is 5.56 Å². The van der Waals surface area contributed by atoms with Crippen LogP contribution < -0.4 is 10.6 Å². The summed E-state index contributed by atoms with van der Waals surface area (Å²) >= 11 is 0. The van der Waals surface area contributed by atoms with Gasteiger partial charge in [-0.25, -0.2) is 14.4 Å². The zero-order chi connectivity index (χ0) is 19.2. The van der Waals surface area contributed by atoms with Gasteiger partial charge in [0.15, 0.2) is 0 Å². The van der Waals surface area contributed by atoms with Gasteiger partial charge in [0.25, 0.3) is 0 Å². The molecule has 0 unspecified atom stereocenters. The van der Waals surface area contributed by atoms with Crippen LogP contribution in [-0.4, -0.2) is 48.0 Å². The fourth-order valence-corrected chi connectivity index (χ4v) is 2.74. The van der Waals surface area contributed by atoms with Gasteiger partial charge in [0.2, 0.25) is 5.91 Å². The SMILES string of the molecule is CN(C)CC(=O)Nc1ccc(CCNc2ncnc3ccc(F)cc23)cc1. The first-order valence-corrected chi connectivity index (χ1v) is 8.69. The molecule has 0 saturated carbocycles. The highest BCUT2D eigenvalue weighted by Gasteiger charge is 2.06. The van der Waals surface area contributed by atoms with Gasteiger partial charge >= 0.3 is 0 Å². The van der Waals surface area contributed by atoms with Crippen LogP contribution in [0.2, 0.25) is 0 Å². The highest BCUT2D eigenvalue weighted by molar-refractivity contribution is 5.92. The molecule has 3 rings (SSSR count). The Bertz CT molecular complexity index is 927. The first kappa shape index (κ1) is 18.7. The molecule has 3 aromatic rings. The molecule has 2 aromatic carbocycles. The molecule has 6 nitrogen and oxygen atoms in total. The van der Waals surface area contributed by atoms with E-state index in [0.717, 1.165) is 17.7 Å². The normalized spacial score (nSPS) is 11.0. The van der Waals surface area contributed by atoms with Gasteiger partial charge in [-0.3, -0.25) is 4.79 Å². The van der Waals surface area contributed by atoms with Gasteiger partial charge in [-0.1, -0.05) is 12.1 Å². The van der Waals surface area contributed by atoms with Crippen LogP contribution in [0.15, 0.2) is 48.8 Å². The molecule has 0 spiro atoms. The number of aromatic nitrogens is 2. The second-order valence-electron chi connectivity index (χ2n) is 6.54. The fourth-order valence-electron chi connectivity index (χ4n) is 2.74. The zero-order valence-electron chi connectivity index (χ0n) is 15.4. The smallest absolute Gasteiger partial charge is 0.238 e. The molecule has 0 bridgehead atoms. The molecule has 7 heteroatoms. The molecule has 0 saturated heterocycles. The number of nitrogens with one attached hydrogen (secondary N) is 2. The number of fused-ring (bicyclic) bond motifs is 1. The van der Waals surface area contributed by atoms with Gasteiger partial charge < -0.3 is 15.5 Å². The Morgan fingerprint density at radius 1 is 1.11 bits per heavy atom. The number of hydrogen-bond acceptors (Lipinski definition) is 5. The summed E-state index contributed by atoms with van der Waals surface area (Å²) in [6, 6.07) is 12.2. The Morgan fingerprint density at radius 3 is 2.63 bits per heavy atom.